The van der Waals surface area contributed by atoms with Crippen molar-refractivity contribution in [3.63, 3.8) is 0 Å². The van der Waals surface area contributed by atoms with Crippen molar-refractivity contribution in [1.29, 1.82) is 0 Å². The second-order valence-electron chi connectivity index (χ2n) is 5.41. The number of ether oxygens (including phenoxy) is 1. The zero-order valence-electron chi connectivity index (χ0n) is 12.6. The summed E-state index contributed by atoms with van der Waals surface area (Å²) in [7, 11) is 0. The van der Waals surface area contributed by atoms with Crippen molar-refractivity contribution >= 4 is 40.4 Å². The van der Waals surface area contributed by atoms with Gasteiger partial charge in [-0.2, -0.15) is 0 Å². The number of morpholine rings is 1. The molecule has 0 bridgehead atoms. The Labute approximate surface area is 149 Å². The number of rotatable bonds is 3. The van der Waals surface area contributed by atoms with Crippen molar-refractivity contribution in [1.82, 2.24) is 9.88 Å². The molecule has 0 spiro atoms. The molecule has 1 saturated heterocycles. The first-order valence-electron chi connectivity index (χ1n) is 7.28. The number of nitrogens with zero attached hydrogens (tertiary/aromatic N) is 2. The van der Waals surface area contributed by atoms with E-state index in [-0.39, 0.29) is 12.0 Å². The summed E-state index contributed by atoms with van der Waals surface area (Å²) in [5.74, 6) is 0.0728. The van der Waals surface area contributed by atoms with Crippen LogP contribution in [0.1, 0.15) is 22.4 Å². The van der Waals surface area contributed by atoms with E-state index in [9.17, 15) is 4.79 Å². The van der Waals surface area contributed by atoms with E-state index in [4.69, 9.17) is 27.9 Å². The molecule has 0 N–H and O–H groups in total. The van der Waals surface area contributed by atoms with Crippen LogP contribution in [0, 0.1) is 6.92 Å². The Morgan fingerprint density at radius 1 is 1.43 bits per heavy atom. The van der Waals surface area contributed by atoms with Crippen LogP contribution in [0.15, 0.2) is 23.6 Å². The van der Waals surface area contributed by atoms with Crippen LogP contribution >= 0.6 is 34.5 Å². The molecule has 4 nitrogen and oxygen atoms in total. The van der Waals surface area contributed by atoms with Gasteiger partial charge in [0, 0.05) is 11.9 Å². The number of benzene rings is 1. The van der Waals surface area contributed by atoms with Crippen molar-refractivity contribution in [2.75, 3.05) is 19.7 Å². The molecule has 0 aliphatic carbocycles. The summed E-state index contributed by atoms with van der Waals surface area (Å²) in [5, 5.41) is 3.92. The van der Waals surface area contributed by atoms with Crippen molar-refractivity contribution in [2.45, 2.75) is 19.4 Å². The fourth-order valence-corrected chi connectivity index (χ4v) is 3.47. The lowest BCUT2D eigenvalue weighted by Crippen LogP contribution is -2.43. The van der Waals surface area contributed by atoms with Crippen molar-refractivity contribution in [3.8, 4) is 0 Å². The Hall–Kier alpha value is -1.14. The summed E-state index contributed by atoms with van der Waals surface area (Å²) >= 11 is 13.6. The molecule has 2 aromatic rings. The number of hydrogen-bond acceptors (Lipinski definition) is 4. The summed E-state index contributed by atoms with van der Waals surface area (Å²) in [6, 6.07) is 5.43. The topological polar surface area (TPSA) is 42.4 Å². The zero-order valence-corrected chi connectivity index (χ0v) is 14.9. The molecule has 3 rings (SSSR count). The number of aryl methyl sites for hydroxylation is 1. The minimum absolute atomic E-state index is 0.0728. The number of aromatic nitrogens is 1. The molecule has 1 atom stereocenters. The van der Waals surface area contributed by atoms with E-state index in [1.54, 1.807) is 23.5 Å². The van der Waals surface area contributed by atoms with Gasteiger partial charge in [-0.25, -0.2) is 4.98 Å². The number of hydrogen-bond donors (Lipinski definition) is 0. The third kappa shape index (κ3) is 4.04. The van der Waals surface area contributed by atoms with Gasteiger partial charge in [0.05, 0.1) is 40.3 Å². The average molecular weight is 371 g/mol. The van der Waals surface area contributed by atoms with Gasteiger partial charge in [-0.15, -0.1) is 11.3 Å². The minimum atomic E-state index is -0.181. The maximum absolute atomic E-state index is 12.5. The van der Waals surface area contributed by atoms with Crippen LogP contribution in [0.25, 0.3) is 0 Å². The van der Waals surface area contributed by atoms with Gasteiger partial charge in [-0.3, -0.25) is 4.79 Å². The monoisotopic (exact) mass is 370 g/mol. The molecule has 1 aliphatic rings. The van der Waals surface area contributed by atoms with Crippen molar-refractivity contribution in [2.24, 2.45) is 0 Å². The summed E-state index contributed by atoms with van der Waals surface area (Å²) in [6.07, 6.45) is 0.151. The van der Waals surface area contributed by atoms with E-state index in [1.165, 1.54) is 0 Å². The van der Waals surface area contributed by atoms with Gasteiger partial charge in [-0.05, 0) is 24.6 Å². The number of halogens is 2. The fourth-order valence-electron chi connectivity index (χ4n) is 2.55. The lowest BCUT2D eigenvalue weighted by atomic mass is 10.1. The van der Waals surface area contributed by atoms with E-state index in [2.05, 4.69) is 4.98 Å². The first-order valence-corrected chi connectivity index (χ1v) is 8.92. The van der Waals surface area contributed by atoms with E-state index in [0.29, 0.717) is 36.2 Å². The third-order valence-corrected chi connectivity index (χ3v) is 5.29. The van der Waals surface area contributed by atoms with E-state index in [1.807, 2.05) is 23.3 Å². The molecule has 1 aromatic heterocycles. The molecule has 0 saturated carbocycles. The van der Waals surface area contributed by atoms with Crippen molar-refractivity contribution < 1.29 is 9.53 Å². The number of carbonyl (C=O) groups excluding carboxylic acids is 1. The average Bonchev–Trinajstić information content (AvgIpc) is 2.95. The Balaban J connectivity index is 1.67. The SMILES string of the molecule is Cc1nc(CC(=O)N2CCOC(c3ccc(Cl)c(Cl)c3)C2)cs1. The molecule has 122 valence electrons. The molecule has 1 aromatic carbocycles. The van der Waals surface area contributed by atoms with Crippen LogP contribution in [0.5, 0.6) is 0 Å². The highest BCUT2D eigenvalue weighted by Gasteiger charge is 2.26. The van der Waals surface area contributed by atoms with E-state index >= 15 is 0 Å². The Bertz CT molecular complexity index is 720. The van der Waals surface area contributed by atoms with Gasteiger partial charge < -0.3 is 9.64 Å². The summed E-state index contributed by atoms with van der Waals surface area (Å²) < 4.78 is 5.78. The maximum atomic E-state index is 12.5. The smallest absolute Gasteiger partial charge is 0.228 e. The van der Waals surface area contributed by atoms with Crippen LogP contribution in [-0.2, 0) is 16.0 Å². The highest BCUT2D eigenvalue weighted by atomic mass is 35.5. The predicted molar refractivity (Wildman–Crippen MR) is 92.3 cm³/mol. The number of amides is 1. The third-order valence-electron chi connectivity index (χ3n) is 3.73. The summed E-state index contributed by atoms with van der Waals surface area (Å²) in [6.45, 7) is 3.56. The molecular formula is C16H16Cl2N2O2S. The predicted octanol–water partition coefficient (Wildman–Crippen LogP) is 3.90. The zero-order chi connectivity index (χ0) is 16.4. The van der Waals surface area contributed by atoms with Crippen molar-refractivity contribution in [3.05, 3.63) is 49.9 Å². The molecule has 7 heteroatoms. The maximum Gasteiger partial charge on any atom is 0.228 e. The summed E-state index contributed by atoms with van der Waals surface area (Å²) in [4.78, 5) is 18.6. The van der Waals surface area contributed by atoms with Gasteiger partial charge in [0.15, 0.2) is 0 Å². The normalized spacial score (nSPS) is 18.2. The summed E-state index contributed by atoms with van der Waals surface area (Å²) in [5.41, 5.74) is 1.76. The first kappa shape index (κ1) is 16.7. The van der Waals surface area contributed by atoms with Crippen LogP contribution in [-0.4, -0.2) is 35.5 Å². The van der Waals surface area contributed by atoms with Crippen LogP contribution < -0.4 is 0 Å². The highest BCUT2D eigenvalue weighted by molar-refractivity contribution is 7.09. The highest BCUT2D eigenvalue weighted by Crippen LogP contribution is 2.29. The van der Waals surface area contributed by atoms with Gasteiger partial charge >= 0.3 is 0 Å². The first-order chi connectivity index (χ1) is 11.0. The van der Waals surface area contributed by atoms with Crippen LogP contribution in [0.2, 0.25) is 10.0 Å². The van der Waals surface area contributed by atoms with E-state index < -0.39 is 0 Å². The Morgan fingerprint density at radius 3 is 2.96 bits per heavy atom. The Morgan fingerprint density at radius 2 is 2.26 bits per heavy atom. The van der Waals surface area contributed by atoms with Gasteiger partial charge in [0.25, 0.3) is 0 Å². The number of carbonyl (C=O) groups is 1. The largest absolute Gasteiger partial charge is 0.370 e. The Kier molecular flexibility index (Phi) is 5.21. The van der Waals surface area contributed by atoms with E-state index in [0.717, 1.165) is 16.3 Å². The van der Waals surface area contributed by atoms with Gasteiger partial charge in [-0.1, -0.05) is 29.3 Å². The van der Waals surface area contributed by atoms with Crippen LogP contribution in [0.3, 0.4) is 0 Å². The minimum Gasteiger partial charge on any atom is -0.370 e. The lowest BCUT2D eigenvalue weighted by Gasteiger charge is -2.33. The standard InChI is InChI=1S/C16H16Cl2N2O2S/c1-10-19-12(9-23-10)7-16(21)20-4-5-22-15(8-20)11-2-3-13(17)14(18)6-11/h2-3,6,9,15H,4-5,7-8H2,1H3. The molecule has 1 aliphatic heterocycles. The molecule has 1 fully saturated rings. The quantitative estimate of drug-likeness (QED) is 0.822. The van der Waals surface area contributed by atoms with Gasteiger partial charge in [0.2, 0.25) is 5.91 Å². The second-order valence-corrected chi connectivity index (χ2v) is 7.28. The molecular weight excluding hydrogens is 355 g/mol. The second kappa shape index (κ2) is 7.18. The van der Waals surface area contributed by atoms with Crippen LogP contribution in [0.4, 0.5) is 0 Å². The lowest BCUT2D eigenvalue weighted by molar-refractivity contribution is -0.138. The molecule has 23 heavy (non-hydrogen) atoms. The number of thiazole rings is 1. The molecule has 1 amide bonds. The molecule has 0 radical (unpaired) electrons. The fraction of sp³-hybridized carbons (Fsp3) is 0.375. The van der Waals surface area contributed by atoms with Gasteiger partial charge in [0.1, 0.15) is 6.10 Å². The molecule has 1 unspecified atom stereocenters. The molecule has 2 heterocycles.